The number of ether oxygens (including phenoxy) is 1. The summed E-state index contributed by atoms with van der Waals surface area (Å²) < 4.78 is 4.90. The Bertz CT molecular complexity index is 273. The van der Waals surface area contributed by atoms with Crippen LogP contribution in [0.1, 0.15) is 13.8 Å². The van der Waals surface area contributed by atoms with Gasteiger partial charge in [-0.05, 0) is 12.0 Å². The Labute approximate surface area is 83.0 Å². The van der Waals surface area contributed by atoms with Crippen LogP contribution >= 0.6 is 0 Å². The highest BCUT2D eigenvalue weighted by Gasteiger charge is 2.36. The molecule has 1 aliphatic heterocycles. The standard InChI is InChI=1S/C9H15N3O2/c1-6(2)7-5-14-9(13)12(7)8(11)3-4-10/h3-4,6-7,10H,5,11H2,1-2H3/b8-3+,10-4?/t7-/m1/s1. The van der Waals surface area contributed by atoms with Gasteiger partial charge in [-0.1, -0.05) is 13.8 Å². The Kier molecular flexibility index (Phi) is 3.11. The fourth-order valence-electron chi connectivity index (χ4n) is 1.39. The van der Waals surface area contributed by atoms with Gasteiger partial charge in [0.05, 0.1) is 6.04 Å². The molecule has 1 rings (SSSR count). The number of carbonyl (C=O) groups excluding carboxylic acids is 1. The van der Waals surface area contributed by atoms with Crippen molar-refractivity contribution < 1.29 is 9.53 Å². The molecule has 5 heteroatoms. The Hall–Kier alpha value is -1.52. The van der Waals surface area contributed by atoms with E-state index in [4.69, 9.17) is 15.9 Å². The second kappa shape index (κ2) is 4.13. The summed E-state index contributed by atoms with van der Waals surface area (Å²) in [7, 11) is 0. The van der Waals surface area contributed by atoms with Crippen molar-refractivity contribution in [2.24, 2.45) is 11.7 Å². The number of cyclic esters (lactones) is 1. The molecule has 1 aliphatic rings. The molecule has 1 atom stereocenters. The van der Waals surface area contributed by atoms with Gasteiger partial charge < -0.3 is 15.9 Å². The van der Waals surface area contributed by atoms with Crippen LogP contribution in [-0.4, -0.2) is 29.9 Å². The fraction of sp³-hybridized carbons (Fsp3) is 0.556. The van der Waals surface area contributed by atoms with Crippen molar-refractivity contribution in [3.8, 4) is 0 Å². The first-order valence-corrected chi connectivity index (χ1v) is 4.50. The lowest BCUT2D eigenvalue weighted by Gasteiger charge is -2.23. The predicted octanol–water partition coefficient (Wildman–Crippen LogP) is 0.913. The zero-order chi connectivity index (χ0) is 10.7. The van der Waals surface area contributed by atoms with E-state index in [1.807, 2.05) is 13.8 Å². The maximum atomic E-state index is 11.3. The van der Waals surface area contributed by atoms with Crippen molar-refractivity contribution in [1.29, 1.82) is 5.41 Å². The third kappa shape index (κ3) is 1.86. The van der Waals surface area contributed by atoms with Crippen LogP contribution < -0.4 is 5.73 Å². The Morgan fingerprint density at radius 2 is 2.43 bits per heavy atom. The van der Waals surface area contributed by atoms with E-state index in [1.54, 1.807) is 0 Å². The van der Waals surface area contributed by atoms with Gasteiger partial charge in [0.1, 0.15) is 12.4 Å². The summed E-state index contributed by atoms with van der Waals surface area (Å²) in [5.74, 6) is 0.542. The topological polar surface area (TPSA) is 79.4 Å². The highest BCUT2D eigenvalue weighted by Crippen LogP contribution is 2.21. The molecule has 0 aliphatic carbocycles. The fourth-order valence-corrected chi connectivity index (χ4v) is 1.39. The monoisotopic (exact) mass is 197 g/mol. The highest BCUT2D eigenvalue weighted by molar-refractivity contribution is 5.75. The van der Waals surface area contributed by atoms with Gasteiger partial charge in [-0.3, -0.25) is 4.90 Å². The molecule has 5 nitrogen and oxygen atoms in total. The maximum absolute atomic E-state index is 11.3. The van der Waals surface area contributed by atoms with Crippen LogP contribution in [0.25, 0.3) is 0 Å². The molecule has 0 aromatic rings. The largest absolute Gasteiger partial charge is 0.447 e. The molecule has 0 unspecified atom stereocenters. The Morgan fingerprint density at radius 1 is 1.79 bits per heavy atom. The normalized spacial score (nSPS) is 22.8. The number of amides is 1. The van der Waals surface area contributed by atoms with Gasteiger partial charge in [-0.25, -0.2) is 4.79 Å². The third-order valence-corrected chi connectivity index (χ3v) is 2.21. The summed E-state index contributed by atoms with van der Waals surface area (Å²) in [6.45, 7) is 4.36. The lowest BCUT2D eigenvalue weighted by molar-refractivity contribution is 0.164. The van der Waals surface area contributed by atoms with Gasteiger partial charge >= 0.3 is 6.09 Å². The van der Waals surface area contributed by atoms with Crippen LogP contribution in [0.2, 0.25) is 0 Å². The van der Waals surface area contributed by atoms with Crippen molar-refractivity contribution in [2.75, 3.05) is 6.61 Å². The van der Waals surface area contributed by atoms with Crippen LogP contribution in [-0.2, 0) is 4.74 Å². The molecule has 0 saturated carbocycles. The molecule has 0 aromatic heterocycles. The van der Waals surface area contributed by atoms with Gasteiger partial charge in [0.15, 0.2) is 0 Å². The van der Waals surface area contributed by atoms with Crippen LogP contribution in [0.3, 0.4) is 0 Å². The van der Waals surface area contributed by atoms with Crippen LogP contribution in [0.4, 0.5) is 4.79 Å². The summed E-state index contributed by atoms with van der Waals surface area (Å²) in [5, 5.41) is 6.88. The van der Waals surface area contributed by atoms with Crippen LogP contribution in [0, 0.1) is 11.3 Å². The first-order valence-electron chi connectivity index (χ1n) is 4.50. The Morgan fingerprint density at radius 3 is 2.93 bits per heavy atom. The molecule has 1 heterocycles. The molecular formula is C9H15N3O2. The average Bonchev–Trinajstić information content (AvgIpc) is 2.47. The van der Waals surface area contributed by atoms with Crippen molar-refractivity contribution >= 4 is 12.3 Å². The van der Waals surface area contributed by atoms with E-state index in [-0.39, 0.29) is 17.8 Å². The molecule has 0 bridgehead atoms. The first kappa shape index (κ1) is 10.6. The quantitative estimate of drug-likeness (QED) is 0.660. The minimum atomic E-state index is -0.431. The summed E-state index contributed by atoms with van der Waals surface area (Å²) in [6.07, 6.45) is 2.00. The number of allylic oxidation sites excluding steroid dienone is 1. The smallest absolute Gasteiger partial charge is 0.415 e. The molecule has 1 amide bonds. The Balaban J connectivity index is 2.86. The number of nitrogens with zero attached hydrogens (tertiary/aromatic N) is 1. The van der Waals surface area contributed by atoms with Crippen molar-refractivity contribution in [1.82, 2.24) is 4.90 Å². The minimum absolute atomic E-state index is 0.0290. The number of carbonyl (C=O) groups is 1. The van der Waals surface area contributed by atoms with Crippen molar-refractivity contribution in [3.63, 3.8) is 0 Å². The average molecular weight is 197 g/mol. The van der Waals surface area contributed by atoms with Gasteiger partial charge in [0, 0.05) is 6.21 Å². The van der Waals surface area contributed by atoms with Crippen LogP contribution in [0.15, 0.2) is 11.9 Å². The van der Waals surface area contributed by atoms with E-state index >= 15 is 0 Å². The minimum Gasteiger partial charge on any atom is -0.447 e. The van der Waals surface area contributed by atoms with Gasteiger partial charge in [-0.2, -0.15) is 0 Å². The number of nitrogens with two attached hydrogens (primary N) is 1. The summed E-state index contributed by atoms with van der Waals surface area (Å²) in [5.41, 5.74) is 5.64. The lowest BCUT2D eigenvalue weighted by atomic mass is 10.0. The molecule has 1 saturated heterocycles. The van der Waals surface area contributed by atoms with E-state index in [9.17, 15) is 4.79 Å². The van der Waals surface area contributed by atoms with Gasteiger partial charge in [-0.15, -0.1) is 0 Å². The number of rotatable bonds is 3. The zero-order valence-corrected chi connectivity index (χ0v) is 8.36. The number of nitrogens with one attached hydrogen (secondary N) is 1. The van der Waals surface area contributed by atoms with E-state index in [0.29, 0.717) is 6.61 Å². The third-order valence-electron chi connectivity index (χ3n) is 2.21. The summed E-state index contributed by atoms with van der Waals surface area (Å²) in [6, 6.07) is -0.0290. The number of hydrogen-bond donors (Lipinski definition) is 2. The molecule has 0 radical (unpaired) electrons. The van der Waals surface area contributed by atoms with E-state index < -0.39 is 6.09 Å². The van der Waals surface area contributed by atoms with E-state index in [1.165, 1.54) is 11.0 Å². The lowest BCUT2D eigenvalue weighted by Crippen LogP contribution is -2.39. The van der Waals surface area contributed by atoms with Gasteiger partial charge in [0.25, 0.3) is 0 Å². The SMILES string of the molecule is CC(C)[C@H]1COC(=O)N1/C(N)=C/C=N. The number of hydrogen-bond acceptors (Lipinski definition) is 4. The molecule has 3 N–H and O–H groups in total. The molecule has 0 aromatic carbocycles. The predicted molar refractivity (Wildman–Crippen MR) is 52.9 cm³/mol. The molecular weight excluding hydrogens is 182 g/mol. The molecule has 14 heavy (non-hydrogen) atoms. The summed E-state index contributed by atoms with van der Waals surface area (Å²) >= 11 is 0. The second-order valence-electron chi connectivity index (χ2n) is 3.52. The van der Waals surface area contributed by atoms with Crippen molar-refractivity contribution in [2.45, 2.75) is 19.9 Å². The van der Waals surface area contributed by atoms with Crippen LogP contribution in [0.5, 0.6) is 0 Å². The van der Waals surface area contributed by atoms with Crippen molar-refractivity contribution in [3.05, 3.63) is 11.9 Å². The highest BCUT2D eigenvalue weighted by atomic mass is 16.6. The van der Waals surface area contributed by atoms with E-state index in [0.717, 1.165) is 6.21 Å². The van der Waals surface area contributed by atoms with Gasteiger partial charge in [0.2, 0.25) is 0 Å². The maximum Gasteiger partial charge on any atom is 0.415 e. The zero-order valence-electron chi connectivity index (χ0n) is 8.36. The first-order chi connectivity index (χ1) is 6.57. The molecule has 1 fully saturated rings. The summed E-state index contributed by atoms with van der Waals surface area (Å²) in [4.78, 5) is 12.7. The molecule has 0 spiro atoms. The molecule has 78 valence electrons. The van der Waals surface area contributed by atoms with E-state index in [2.05, 4.69) is 0 Å². The second-order valence-corrected chi connectivity index (χ2v) is 3.52.